The van der Waals surface area contributed by atoms with Gasteiger partial charge in [-0.2, -0.15) is 0 Å². The van der Waals surface area contributed by atoms with Gasteiger partial charge in [0, 0.05) is 5.39 Å². The molecule has 1 heterocycles. The summed E-state index contributed by atoms with van der Waals surface area (Å²) in [4.78, 5) is 16.4. The fourth-order valence-corrected chi connectivity index (χ4v) is 2.76. The highest BCUT2D eigenvalue weighted by Gasteiger charge is 2.67. The number of nitrogens with zero attached hydrogens (tertiary/aromatic N) is 1. The van der Waals surface area contributed by atoms with Crippen molar-refractivity contribution in [2.24, 2.45) is 5.41 Å². The third-order valence-electron chi connectivity index (χ3n) is 3.61. The molecule has 1 N–H and O–H groups in total. The first-order chi connectivity index (χ1) is 8.92. The molecular formula is C14H12Cl2N2O. The van der Waals surface area contributed by atoms with Crippen molar-refractivity contribution in [3.8, 4) is 0 Å². The molecule has 0 bridgehead atoms. The van der Waals surface area contributed by atoms with Crippen molar-refractivity contribution in [2.75, 3.05) is 5.32 Å². The van der Waals surface area contributed by atoms with Gasteiger partial charge in [-0.15, -0.1) is 23.2 Å². The van der Waals surface area contributed by atoms with Gasteiger partial charge in [-0.25, -0.2) is 0 Å². The number of aromatic nitrogens is 1. The molecule has 3 nitrogen and oxygen atoms in total. The van der Waals surface area contributed by atoms with Crippen molar-refractivity contribution >= 4 is 45.7 Å². The Morgan fingerprint density at radius 2 is 2.05 bits per heavy atom. The minimum atomic E-state index is -0.957. The van der Waals surface area contributed by atoms with E-state index in [2.05, 4.69) is 10.3 Å². The highest BCUT2D eigenvalue weighted by Crippen LogP contribution is 2.64. The van der Waals surface area contributed by atoms with Crippen molar-refractivity contribution in [3.05, 3.63) is 36.5 Å². The second-order valence-electron chi connectivity index (χ2n) is 5.08. The molecule has 1 aromatic carbocycles. The molecule has 1 atom stereocenters. The van der Waals surface area contributed by atoms with Crippen molar-refractivity contribution in [1.82, 2.24) is 4.98 Å². The van der Waals surface area contributed by atoms with Crippen LogP contribution in [0.1, 0.15) is 13.3 Å². The molecule has 0 radical (unpaired) electrons. The van der Waals surface area contributed by atoms with Crippen LogP contribution in [-0.2, 0) is 4.79 Å². The number of carbonyl (C=O) groups excluding carboxylic acids is 1. The van der Waals surface area contributed by atoms with Crippen molar-refractivity contribution in [3.63, 3.8) is 0 Å². The van der Waals surface area contributed by atoms with Crippen LogP contribution in [0.3, 0.4) is 0 Å². The van der Waals surface area contributed by atoms with E-state index in [-0.39, 0.29) is 5.91 Å². The van der Waals surface area contributed by atoms with Crippen LogP contribution in [0.25, 0.3) is 10.9 Å². The molecule has 1 aliphatic rings. The lowest BCUT2D eigenvalue weighted by atomic mass is 10.1. The lowest BCUT2D eigenvalue weighted by molar-refractivity contribution is -0.120. The first-order valence-electron chi connectivity index (χ1n) is 5.96. The van der Waals surface area contributed by atoms with E-state index in [1.807, 2.05) is 30.3 Å². The Balaban J connectivity index is 1.84. The van der Waals surface area contributed by atoms with E-state index in [0.717, 1.165) is 10.9 Å². The predicted molar refractivity (Wildman–Crippen MR) is 77.5 cm³/mol. The minimum Gasteiger partial charge on any atom is -0.324 e. The maximum Gasteiger partial charge on any atom is 0.233 e. The number of fused-ring (bicyclic) bond motifs is 1. The number of benzene rings is 1. The average molecular weight is 295 g/mol. The van der Waals surface area contributed by atoms with E-state index in [1.165, 1.54) is 0 Å². The molecule has 1 unspecified atom stereocenters. The molecule has 19 heavy (non-hydrogen) atoms. The number of anilines is 1. The molecule has 1 aliphatic carbocycles. The van der Waals surface area contributed by atoms with Crippen LogP contribution < -0.4 is 5.32 Å². The number of carbonyl (C=O) groups is 1. The Morgan fingerprint density at radius 1 is 1.37 bits per heavy atom. The summed E-state index contributed by atoms with van der Waals surface area (Å²) in [5.41, 5.74) is 0.824. The van der Waals surface area contributed by atoms with Gasteiger partial charge < -0.3 is 5.32 Å². The summed E-state index contributed by atoms with van der Waals surface area (Å²) >= 11 is 12.0. The standard InChI is InChI=1S/C14H12Cl2N2O/c1-13(8-14(13,15)16)12(19)18-10-6-9-4-2-3-5-11(9)17-7-10/h2-7H,8H2,1H3,(H,18,19). The fourth-order valence-electron chi connectivity index (χ4n) is 2.05. The first-order valence-corrected chi connectivity index (χ1v) is 6.72. The van der Waals surface area contributed by atoms with Gasteiger partial charge in [0.15, 0.2) is 0 Å². The molecule has 1 amide bonds. The van der Waals surface area contributed by atoms with Crippen molar-refractivity contribution in [2.45, 2.75) is 17.7 Å². The number of nitrogens with one attached hydrogen (secondary N) is 1. The first kappa shape index (κ1) is 12.7. The van der Waals surface area contributed by atoms with Crippen LogP contribution in [0, 0.1) is 5.41 Å². The number of rotatable bonds is 2. The summed E-state index contributed by atoms with van der Waals surface area (Å²) < 4.78 is -0.957. The molecule has 0 spiro atoms. The predicted octanol–water partition coefficient (Wildman–Crippen LogP) is 3.76. The number of para-hydroxylation sites is 1. The van der Waals surface area contributed by atoms with E-state index < -0.39 is 9.75 Å². The molecule has 3 rings (SSSR count). The van der Waals surface area contributed by atoms with Crippen molar-refractivity contribution < 1.29 is 4.79 Å². The van der Waals surface area contributed by atoms with E-state index in [9.17, 15) is 4.79 Å². The largest absolute Gasteiger partial charge is 0.324 e. The summed E-state index contributed by atoms with van der Waals surface area (Å²) in [5, 5.41) is 3.80. The minimum absolute atomic E-state index is 0.172. The van der Waals surface area contributed by atoms with Gasteiger partial charge in [-0.05, 0) is 25.5 Å². The van der Waals surface area contributed by atoms with Crippen LogP contribution in [0.15, 0.2) is 36.5 Å². The van der Waals surface area contributed by atoms with Gasteiger partial charge in [-0.1, -0.05) is 18.2 Å². The molecule has 1 saturated carbocycles. The fraction of sp³-hybridized carbons (Fsp3) is 0.286. The second-order valence-corrected chi connectivity index (χ2v) is 6.57. The summed E-state index contributed by atoms with van der Waals surface area (Å²) in [6, 6.07) is 9.61. The lowest BCUT2D eigenvalue weighted by Gasteiger charge is -2.12. The number of hydrogen-bond acceptors (Lipinski definition) is 2. The molecule has 2 aromatic rings. The number of halogens is 2. The molecule has 98 valence electrons. The van der Waals surface area contributed by atoms with E-state index >= 15 is 0 Å². The Hall–Kier alpha value is -1.32. The maximum absolute atomic E-state index is 12.1. The number of alkyl halides is 2. The lowest BCUT2D eigenvalue weighted by Crippen LogP contribution is -2.25. The molecule has 1 aromatic heterocycles. The number of amides is 1. The smallest absolute Gasteiger partial charge is 0.233 e. The maximum atomic E-state index is 12.1. The molecular weight excluding hydrogens is 283 g/mol. The topological polar surface area (TPSA) is 42.0 Å². The van der Waals surface area contributed by atoms with Crippen molar-refractivity contribution in [1.29, 1.82) is 0 Å². The normalized spacial score (nSPS) is 24.2. The van der Waals surface area contributed by atoms with Gasteiger partial charge in [0.05, 0.1) is 22.8 Å². The van der Waals surface area contributed by atoms with Crippen LogP contribution in [0.5, 0.6) is 0 Å². The quantitative estimate of drug-likeness (QED) is 0.857. The van der Waals surface area contributed by atoms with Crippen LogP contribution in [0.2, 0.25) is 0 Å². The summed E-state index contributed by atoms with van der Waals surface area (Å²) in [7, 11) is 0. The summed E-state index contributed by atoms with van der Waals surface area (Å²) in [6.45, 7) is 1.76. The Morgan fingerprint density at radius 3 is 2.74 bits per heavy atom. The van der Waals surface area contributed by atoms with Gasteiger partial charge in [0.25, 0.3) is 0 Å². The van der Waals surface area contributed by atoms with Gasteiger partial charge in [0.1, 0.15) is 4.33 Å². The second kappa shape index (κ2) is 4.09. The van der Waals surface area contributed by atoms with Crippen LogP contribution >= 0.6 is 23.2 Å². The van der Waals surface area contributed by atoms with Gasteiger partial charge >= 0.3 is 0 Å². The number of hydrogen-bond donors (Lipinski definition) is 1. The monoisotopic (exact) mass is 294 g/mol. The molecule has 0 saturated heterocycles. The highest BCUT2D eigenvalue weighted by atomic mass is 35.5. The Kier molecular flexibility index (Phi) is 2.73. The van der Waals surface area contributed by atoms with Crippen LogP contribution in [0.4, 0.5) is 5.69 Å². The van der Waals surface area contributed by atoms with Gasteiger partial charge in [0.2, 0.25) is 5.91 Å². The molecule has 0 aliphatic heterocycles. The highest BCUT2D eigenvalue weighted by molar-refractivity contribution is 6.53. The summed E-state index contributed by atoms with van der Waals surface area (Å²) in [6.07, 6.45) is 2.10. The van der Waals surface area contributed by atoms with E-state index in [1.54, 1.807) is 13.1 Å². The molecule has 5 heteroatoms. The van der Waals surface area contributed by atoms with E-state index in [0.29, 0.717) is 12.1 Å². The third kappa shape index (κ3) is 2.07. The zero-order valence-electron chi connectivity index (χ0n) is 10.3. The Labute approximate surface area is 120 Å². The van der Waals surface area contributed by atoms with Crippen LogP contribution in [-0.4, -0.2) is 15.2 Å². The van der Waals surface area contributed by atoms with Gasteiger partial charge in [-0.3, -0.25) is 9.78 Å². The SMILES string of the molecule is CC1(C(=O)Nc2cnc3ccccc3c2)CC1(Cl)Cl. The zero-order valence-corrected chi connectivity index (χ0v) is 11.8. The third-order valence-corrected chi connectivity index (χ3v) is 4.71. The number of pyridine rings is 1. The Bertz CT molecular complexity index is 671. The summed E-state index contributed by atoms with van der Waals surface area (Å²) in [5.74, 6) is -0.172. The molecule has 1 fully saturated rings. The van der Waals surface area contributed by atoms with E-state index in [4.69, 9.17) is 23.2 Å². The zero-order chi connectivity index (χ0) is 13.7. The average Bonchev–Trinajstić information content (AvgIpc) is 2.90.